The number of rotatable bonds is 4. The second-order valence-corrected chi connectivity index (χ2v) is 6.73. The van der Waals surface area contributed by atoms with Crippen molar-refractivity contribution in [3.63, 3.8) is 0 Å². The van der Waals surface area contributed by atoms with Crippen molar-refractivity contribution >= 4 is 40.6 Å². The summed E-state index contributed by atoms with van der Waals surface area (Å²) in [6, 6.07) is 13.7. The van der Waals surface area contributed by atoms with Gasteiger partial charge in [-0.25, -0.2) is 0 Å². The van der Waals surface area contributed by atoms with E-state index in [0.29, 0.717) is 11.3 Å². The highest BCUT2D eigenvalue weighted by molar-refractivity contribution is 8.18. The SMILES string of the molecule is Cc1ccc(NC(=O)CN2C(=O)S/C(=C\c3ccccc3O)C2=O)cc1. The van der Waals surface area contributed by atoms with Crippen molar-refractivity contribution in [1.82, 2.24) is 4.90 Å². The lowest BCUT2D eigenvalue weighted by atomic mass is 10.2. The monoisotopic (exact) mass is 368 g/mol. The third kappa shape index (κ3) is 3.94. The summed E-state index contributed by atoms with van der Waals surface area (Å²) >= 11 is 0.743. The zero-order chi connectivity index (χ0) is 18.7. The second-order valence-electron chi connectivity index (χ2n) is 5.74. The molecule has 1 saturated heterocycles. The fourth-order valence-corrected chi connectivity index (χ4v) is 3.20. The molecule has 3 rings (SSSR count). The van der Waals surface area contributed by atoms with Gasteiger partial charge in [0.05, 0.1) is 4.91 Å². The van der Waals surface area contributed by atoms with Gasteiger partial charge in [0, 0.05) is 11.3 Å². The minimum atomic E-state index is -0.553. The fraction of sp³-hybridized carbons (Fsp3) is 0.105. The Morgan fingerprint density at radius 2 is 1.85 bits per heavy atom. The average molecular weight is 368 g/mol. The van der Waals surface area contributed by atoms with Gasteiger partial charge in [-0.05, 0) is 43.0 Å². The van der Waals surface area contributed by atoms with Crippen LogP contribution in [-0.4, -0.2) is 33.6 Å². The van der Waals surface area contributed by atoms with Gasteiger partial charge in [0.1, 0.15) is 12.3 Å². The van der Waals surface area contributed by atoms with Crippen molar-refractivity contribution in [3.8, 4) is 5.75 Å². The zero-order valence-electron chi connectivity index (χ0n) is 13.9. The molecule has 1 aliphatic rings. The summed E-state index contributed by atoms with van der Waals surface area (Å²) in [7, 11) is 0. The summed E-state index contributed by atoms with van der Waals surface area (Å²) in [5.74, 6) is -1.00. The lowest BCUT2D eigenvalue weighted by Gasteiger charge is -2.12. The maximum absolute atomic E-state index is 12.4. The molecule has 1 aliphatic heterocycles. The molecule has 0 radical (unpaired) electrons. The molecule has 2 aromatic rings. The highest BCUT2D eigenvalue weighted by atomic mass is 32.2. The van der Waals surface area contributed by atoms with Crippen LogP contribution in [0.15, 0.2) is 53.4 Å². The molecule has 0 saturated carbocycles. The van der Waals surface area contributed by atoms with Crippen LogP contribution in [-0.2, 0) is 9.59 Å². The number of phenolic OH excluding ortho intramolecular Hbond substituents is 1. The number of aromatic hydroxyl groups is 1. The largest absolute Gasteiger partial charge is 0.507 e. The van der Waals surface area contributed by atoms with Crippen molar-refractivity contribution < 1.29 is 19.5 Å². The van der Waals surface area contributed by atoms with E-state index in [2.05, 4.69) is 5.32 Å². The topological polar surface area (TPSA) is 86.7 Å². The zero-order valence-corrected chi connectivity index (χ0v) is 14.7. The van der Waals surface area contributed by atoms with Crippen LogP contribution in [0.25, 0.3) is 6.08 Å². The number of amides is 3. The molecule has 1 heterocycles. The van der Waals surface area contributed by atoms with Gasteiger partial charge in [0.15, 0.2) is 0 Å². The molecule has 26 heavy (non-hydrogen) atoms. The summed E-state index contributed by atoms with van der Waals surface area (Å²) in [5.41, 5.74) is 2.09. The predicted molar refractivity (Wildman–Crippen MR) is 101 cm³/mol. The Labute approximate surface area is 154 Å². The van der Waals surface area contributed by atoms with Crippen LogP contribution in [0.3, 0.4) is 0 Å². The molecule has 6 nitrogen and oxygen atoms in total. The molecule has 2 aromatic carbocycles. The number of hydrogen-bond donors (Lipinski definition) is 2. The Morgan fingerprint density at radius 3 is 2.54 bits per heavy atom. The van der Waals surface area contributed by atoms with Crippen molar-refractivity contribution in [2.75, 3.05) is 11.9 Å². The van der Waals surface area contributed by atoms with Gasteiger partial charge in [-0.3, -0.25) is 19.3 Å². The molecule has 0 bridgehead atoms. The smallest absolute Gasteiger partial charge is 0.294 e. The quantitative estimate of drug-likeness (QED) is 0.808. The molecule has 0 unspecified atom stereocenters. The summed E-state index contributed by atoms with van der Waals surface area (Å²) in [6.45, 7) is 1.57. The molecule has 7 heteroatoms. The van der Waals surface area contributed by atoms with E-state index in [4.69, 9.17) is 0 Å². The molecule has 0 atom stereocenters. The van der Waals surface area contributed by atoms with Crippen LogP contribution in [0, 0.1) is 6.92 Å². The van der Waals surface area contributed by atoms with Crippen LogP contribution in [0.2, 0.25) is 0 Å². The van der Waals surface area contributed by atoms with Crippen molar-refractivity contribution in [2.45, 2.75) is 6.92 Å². The first-order chi connectivity index (χ1) is 12.4. The van der Waals surface area contributed by atoms with E-state index < -0.39 is 17.1 Å². The van der Waals surface area contributed by atoms with Gasteiger partial charge in [0.2, 0.25) is 5.91 Å². The molecule has 1 fully saturated rings. The maximum Gasteiger partial charge on any atom is 0.294 e. The normalized spacial score (nSPS) is 15.6. The number of nitrogens with one attached hydrogen (secondary N) is 1. The van der Waals surface area contributed by atoms with Gasteiger partial charge < -0.3 is 10.4 Å². The molecule has 0 aromatic heterocycles. The maximum atomic E-state index is 12.4. The highest BCUT2D eigenvalue weighted by Gasteiger charge is 2.36. The van der Waals surface area contributed by atoms with Crippen LogP contribution in [0.4, 0.5) is 10.5 Å². The predicted octanol–water partition coefficient (Wildman–Crippen LogP) is 3.38. The van der Waals surface area contributed by atoms with Crippen LogP contribution < -0.4 is 5.32 Å². The lowest BCUT2D eigenvalue weighted by Crippen LogP contribution is -2.36. The Balaban J connectivity index is 1.70. The van der Waals surface area contributed by atoms with Crippen LogP contribution in [0.5, 0.6) is 5.75 Å². The van der Waals surface area contributed by atoms with Gasteiger partial charge in [-0.2, -0.15) is 0 Å². The average Bonchev–Trinajstić information content (AvgIpc) is 2.86. The molecule has 132 valence electrons. The standard InChI is InChI=1S/C19H16N2O4S/c1-12-6-8-14(9-7-12)20-17(23)11-21-18(24)16(26-19(21)25)10-13-4-2-3-5-15(13)22/h2-10,22H,11H2,1H3,(H,20,23)/b16-10-. The third-order valence-electron chi connectivity index (χ3n) is 3.73. The number of hydrogen-bond acceptors (Lipinski definition) is 5. The van der Waals surface area contributed by atoms with E-state index in [1.165, 1.54) is 12.1 Å². The molecule has 0 spiro atoms. The Kier molecular flexibility index (Phi) is 5.09. The van der Waals surface area contributed by atoms with Gasteiger partial charge in [0.25, 0.3) is 11.1 Å². The van der Waals surface area contributed by atoms with E-state index in [9.17, 15) is 19.5 Å². The second kappa shape index (κ2) is 7.45. The van der Waals surface area contributed by atoms with E-state index >= 15 is 0 Å². The Morgan fingerprint density at radius 1 is 1.15 bits per heavy atom. The molecule has 3 amide bonds. The summed E-state index contributed by atoms with van der Waals surface area (Å²) in [5, 5.41) is 11.9. The number of benzene rings is 2. The number of imide groups is 1. The van der Waals surface area contributed by atoms with E-state index in [1.54, 1.807) is 30.3 Å². The molecule has 2 N–H and O–H groups in total. The van der Waals surface area contributed by atoms with Crippen molar-refractivity contribution in [3.05, 3.63) is 64.6 Å². The number of anilines is 1. The number of aryl methyl sites for hydroxylation is 1. The molecular formula is C19H16N2O4S. The van der Waals surface area contributed by atoms with Crippen molar-refractivity contribution in [1.29, 1.82) is 0 Å². The number of nitrogens with zero attached hydrogens (tertiary/aromatic N) is 1. The van der Waals surface area contributed by atoms with Crippen molar-refractivity contribution in [2.24, 2.45) is 0 Å². The fourth-order valence-electron chi connectivity index (χ4n) is 2.37. The summed E-state index contributed by atoms with van der Waals surface area (Å²) in [4.78, 5) is 37.7. The van der Waals surface area contributed by atoms with Gasteiger partial charge >= 0.3 is 0 Å². The minimum Gasteiger partial charge on any atom is -0.507 e. The number of para-hydroxylation sites is 1. The first-order valence-corrected chi connectivity index (χ1v) is 8.65. The summed E-state index contributed by atoms with van der Waals surface area (Å²) < 4.78 is 0. The van der Waals surface area contributed by atoms with Gasteiger partial charge in [-0.1, -0.05) is 35.9 Å². The Hall–Kier alpha value is -3.06. The van der Waals surface area contributed by atoms with Crippen LogP contribution in [0.1, 0.15) is 11.1 Å². The first-order valence-electron chi connectivity index (χ1n) is 7.84. The number of carbonyl (C=O) groups excluding carboxylic acids is 3. The number of thioether (sulfide) groups is 1. The number of phenols is 1. The lowest BCUT2D eigenvalue weighted by molar-refractivity contribution is -0.127. The Bertz CT molecular complexity index is 906. The van der Waals surface area contributed by atoms with E-state index in [0.717, 1.165) is 22.2 Å². The third-order valence-corrected chi connectivity index (χ3v) is 4.64. The minimum absolute atomic E-state index is 0.0106. The van der Waals surface area contributed by atoms with Gasteiger partial charge in [-0.15, -0.1) is 0 Å². The molecular weight excluding hydrogens is 352 g/mol. The van der Waals surface area contributed by atoms with Crippen LogP contribution >= 0.6 is 11.8 Å². The molecule has 0 aliphatic carbocycles. The summed E-state index contributed by atoms with van der Waals surface area (Å²) in [6.07, 6.45) is 1.44. The number of carbonyl (C=O) groups is 3. The first kappa shape index (κ1) is 17.8. The van der Waals surface area contributed by atoms with E-state index in [-0.39, 0.29) is 17.2 Å². The van der Waals surface area contributed by atoms with E-state index in [1.807, 2.05) is 19.1 Å². The highest BCUT2D eigenvalue weighted by Crippen LogP contribution is 2.33.